The first-order valence-corrected chi connectivity index (χ1v) is 8.04. The second kappa shape index (κ2) is 5.89. The van der Waals surface area contributed by atoms with E-state index in [9.17, 15) is 0 Å². The van der Waals surface area contributed by atoms with Gasteiger partial charge in [0.2, 0.25) is 0 Å². The van der Waals surface area contributed by atoms with Crippen molar-refractivity contribution in [2.75, 3.05) is 0 Å². The number of hydrogen-bond acceptors (Lipinski definition) is 2. The molecular formula is C22H18O2. The Balaban J connectivity index is 1.72. The molecule has 0 saturated carbocycles. The fourth-order valence-corrected chi connectivity index (χ4v) is 2.96. The maximum Gasteiger partial charge on any atom is 0.135 e. The first-order valence-electron chi connectivity index (χ1n) is 8.04. The van der Waals surface area contributed by atoms with Crippen LogP contribution in [0.2, 0.25) is 0 Å². The Kier molecular flexibility index (Phi) is 3.58. The van der Waals surface area contributed by atoms with Crippen molar-refractivity contribution in [3.63, 3.8) is 0 Å². The molecule has 2 heteroatoms. The standard InChI is InChI=1S/C22H18O2/c1-15-6-3-10-20-19(15)9-5-11-22(20)24-18-12-13-21-17(14-18)8-4-7-16(2)23-21/h3-14H,1-2H3. The van der Waals surface area contributed by atoms with Crippen molar-refractivity contribution >= 4 is 16.8 Å². The molecule has 0 radical (unpaired) electrons. The zero-order valence-corrected chi connectivity index (χ0v) is 13.7. The highest BCUT2D eigenvalue weighted by Crippen LogP contribution is 2.34. The van der Waals surface area contributed by atoms with Crippen LogP contribution in [-0.4, -0.2) is 0 Å². The number of rotatable bonds is 2. The second-order valence-corrected chi connectivity index (χ2v) is 5.97. The van der Waals surface area contributed by atoms with Gasteiger partial charge in [-0.05, 0) is 55.1 Å². The predicted molar refractivity (Wildman–Crippen MR) is 98.6 cm³/mol. The summed E-state index contributed by atoms with van der Waals surface area (Å²) in [5.41, 5.74) is 2.26. The van der Waals surface area contributed by atoms with Crippen LogP contribution in [0.1, 0.15) is 18.1 Å². The maximum atomic E-state index is 6.17. The number of allylic oxidation sites excluding steroid dienone is 3. The molecule has 3 aromatic rings. The summed E-state index contributed by atoms with van der Waals surface area (Å²) in [6, 6.07) is 18.3. The highest BCUT2D eigenvalue weighted by molar-refractivity contribution is 5.91. The molecule has 0 aliphatic carbocycles. The van der Waals surface area contributed by atoms with Crippen LogP contribution in [0.25, 0.3) is 16.8 Å². The summed E-state index contributed by atoms with van der Waals surface area (Å²) in [4.78, 5) is 0. The van der Waals surface area contributed by atoms with Crippen molar-refractivity contribution in [3.8, 4) is 17.2 Å². The van der Waals surface area contributed by atoms with Gasteiger partial charge in [-0.1, -0.05) is 42.5 Å². The fraction of sp³-hybridized carbons (Fsp3) is 0.0909. The van der Waals surface area contributed by atoms with Gasteiger partial charge < -0.3 is 9.47 Å². The summed E-state index contributed by atoms with van der Waals surface area (Å²) in [6.45, 7) is 4.06. The van der Waals surface area contributed by atoms with E-state index in [4.69, 9.17) is 9.47 Å². The van der Waals surface area contributed by atoms with Crippen molar-refractivity contribution in [2.24, 2.45) is 0 Å². The van der Waals surface area contributed by atoms with Gasteiger partial charge in [-0.2, -0.15) is 0 Å². The minimum atomic E-state index is 0.801. The van der Waals surface area contributed by atoms with E-state index in [1.54, 1.807) is 0 Å². The van der Waals surface area contributed by atoms with Crippen LogP contribution in [0.3, 0.4) is 0 Å². The molecule has 0 bridgehead atoms. The lowest BCUT2D eigenvalue weighted by atomic mass is 10.1. The highest BCUT2D eigenvalue weighted by atomic mass is 16.5. The van der Waals surface area contributed by atoms with Gasteiger partial charge in [0.05, 0.1) is 0 Å². The maximum absolute atomic E-state index is 6.17. The number of hydrogen-bond donors (Lipinski definition) is 0. The lowest BCUT2D eigenvalue weighted by Crippen LogP contribution is -1.92. The largest absolute Gasteiger partial charge is 0.461 e. The van der Waals surface area contributed by atoms with Gasteiger partial charge in [0, 0.05) is 10.9 Å². The SMILES string of the molecule is CC1=CC=Cc2cc(Oc3cccc4c(C)cccc34)ccc2O1. The molecule has 0 spiro atoms. The van der Waals surface area contributed by atoms with Gasteiger partial charge in [-0.15, -0.1) is 0 Å². The van der Waals surface area contributed by atoms with E-state index in [2.05, 4.69) is 31.2 Å². The zero-order valence-electron chi connectivity index (χ0n) is 13.7. The molecule has 1 heterocycles. The molecule has 0 saturated heterocycles. The smallest absolute Gasteiger partial charge is 0.135 e. The molecule has 0 fully saturated rings. The van der Waals surface area contributed by atoms with Crippen LogP contribution >= 0.6 is 0 Å². The first kappa shape index (κ1) is 14.6. The van der Waals surface area contributed by atoms with Crippen LogP contribution in [0.5, 0.6) is 17.2 Å². The van der Waals surface area contributed by atoms with E-state index in [1.807, 2.05) is 55.5 Å². The predicted octanol–water partition coefficient (Wildman–Crippen LogP) is 6.25. The lowest BCUT2D eigenvalue weighted by molar-refractivity contribution is 0.426. The summed E-state index contributed by atoms with van der Waals surface area (Å²) in [5, 5.41) is 2.34. The molecule has 24 heavy (non-hydrogen) atoms. The van der Waals surface area contributed by atoms with Gasteiger partial charge >= 0.3 is 0 Å². The molecular weight excluding hydrogens is 296 g/mol. The molecule has 0 aromatic heterocycles. The third-order valence-corrected chi connectivity index (χ3v) is 4.19. The first-order chi connectivity index (χ1) is 11.7. The van der Waals surface area contributed by atoms with Crippen molar-refractivity contribution in [1.29, 1.82) is 0 Å². The van der Waals surface area contributed by atoms with E-state index in [1.165, 1.54) is 10.9 Å². The number of benzene rings is 3. The van der Waals surface area contributed by atoms with Crippen LogP contribution in [0.15, 0.2) is 72.5 Å². The summed E-state index contributed by atoms with van der Waals surface area (Å²) < 4.78 is 12.0. The molecule has 3 aromatic carbocycles. The number of ether oxygens (including phenoxy) is 2. The summed E-state index contributed by atoms with van der Waals surface area (Å²) in [6.07, 6.45) is 5.98. The Bertz CT molecular complexity index is 980. The third-order valence-electron chi connectivity index (χ3n) is 4.19. The summed E-state index contributed by atoms with van der Waals surface area (Å²) in [5.74, 6) is 3.39. The molecule has 0 amide bonds. The second-order valence-electron chi connectivity index (χ2n) is 5.97. The van der Waals surface area contributed by atoms with E-state index in [-0.39, 0.29) is 0 Å². The Labute approximate surface area is 141 Å². The van der Waals surface area contributed by atoms with Gasteiger partial charge in [-0.25, -0.2) is 0 Å². The number of aryl methyl sites for hydroxylation is 1. The van der Waals surface area contributed by atoms with Gasteiger partial charge in [0.15, 0.2) is 0 Å². The highest BCUT2D eigenvalue weighted by Gasteiger charge is 2.09. The summed E-state index contributed by atoms with van der Waals surface area (Å²) in [7, 11) is 0. The quantitative estimate of drug-likeness (QED) is 0.556. The number of fused-ring (bicyclic) bond motifs is 2. The van der Waals surface area contributed by atoms with Crippen LogP contribution in [0, 0.1) is 6.92 Å². The molecule has 1 aliphatic rings. The Morgan fingerprint density at radius 1 is 0.875 bits per heavy atom. The summed E-state index contributed by atoms with van der Waals surface area (Å²) >= 11 is 0. The third kappa shape index (κ3) is 2.67. The average Bonchev–Trinajstić information content (AvgIpc) is 2.76. The van der Waals surface area contributed by atoms with Crippen LogP contribution in [-0.2, 0) is 0 Å². The van der Waals surface area contributed by atoms with E-state index in [0.717, 1.165) is 34.0 Å². The van der Waals surface area contributed by atoms with E-state index >= 15 is 0 Å². The molecule has 0 atom stereocenters. The minimum absolute atomic E-state index is 0.801. The molecule has 4 rings (SSSR count). The molecule has 0 N–H and O–H groups in total. The topological polar surface area (TPSA) is 18.5 Å². The van der Waals surface area contributed by atoms with Crippen LogP contribution < -0.4 is 9.47 Å². The Morgan fingerprint density at radius 3 is 2.62 bits per heavy atom. The van der Waals surface area contributed by atoms with E-state index < -0.39 is 0 Å². The van der Waals surface area contributed by atoms with E-state index in [0.29, 0.717) is 0 Å². The monoisotopic (exact) mass is 314 g/mol. The fourth-order valence-electron chi connectivity index (χ4n) is 2.96. The Hall–Kier alpha value is -3.00. The zero-order chi connectivity index (χ0) is 16.5. The van der Waals surface area contributed by atoms with Gasteiger partial charge in [0.25, 0.3) is 0 Å². The average molecular weight is 314 g/mol. The Morgan fingerprint density at radius 2 is 1.71 bits per heavy atom. The van der Waals surface area contributed by atoms with Gasteiger partial charge in [0.1, 0.15) is 23.0 Å². The molecule has 1 aliphatic heterocycles. The van der Waals surface area contributed by atoms with Gasteiger partial charge in [-0.3, -0.25) is 0 Å². The molecule has 0 unspecified atom stereocenters. The van der Waals surface area contributed by atoms with Crippen molar-refractivity contribution < 1.29 is 9.47 Å². The van der Waals surface area contributed by atoms with Crippen molar-refractivity contribution in [1.82, 2.24) is 0 Å². The molecule has 2 nitrogen and oxygen atoms in total. The minimum Gasteiger partial charge on any atom is -0.461 e. The van der Waals surface area contributed by atoms with Crippen molar-refractivity contribution in [3.05, 3.63) is 83.6 Å². The molecule has 118 valence electrons. The van der Waals surface area contributed by atoms with Crippen molar-refractivity contribution in [2.45, 2.75) is 13.8 Å². The normalized spacial score (nSPS) is 13.0. The van der Waals surface area contributed by atoms with Crippen LogP contribution in [0.4, 0.5) is 0 Å². The lowest BCUT2D eigenvalue weighted by Gasteiger charge is -2.12.